The molecule has 0 spiro atoms. The monoisotopic (exact) mass is 304 g/mol. The molecule has 4 amide bonds. The fourth-order valence-electron chi connectivity index (χ4n) is 6.20. The van der Waals surface area contributed by atoms with Gasteiger partial charge in [0, 0.05) is 13.1 Å². The average Bonchev–Trinajstić information content (AvgIpc) is 3.01. The zero-order chi connectivity index (χ0) is 15.4. The Labute approximate surface area is 131 Å². The van der Waals surface area contributed by atoms with Crippen molar-refractivity contribution in [2.24, 2.45) is 11.8 Å². The molecule has 2 unspecified atom stereocenters. The van der Waals surface area contributed by atoms with Gasteiger partial charge in [-0.15, -0.1) is 0 Å². The minimum Gasteiger partial charge on any atom is -0.300 e. The van der Waals surface area contributed by atoms with Crippen LogP contribution >= 0.6 is 0 Å². The summed E-state index contributed by atoms with van der Waals surface area (Å²) in [7, 11) is 0. The van der Waals surface area contributed by atoms with Gasteiger partial charge >= 0.3 is 12.1 Å². The fraction of sp³-hybridized carbons (Fsp3) is 0.875. The third-order valence-electron chi connectivity index (χ3n) is 7.40. The van der Waals surface area contributed by atoms with E-state index in [0.717, 1.165) is 32.4 Å². The fourth-order valence-corrected chi connectivity index (χ4v) is 6.20. The highest BCUT2D eigenvalue weighted by molar-refractivity contribution is 5.88. The van der Waals surface area contributed by atoms with Gasteiger partial charge in [0.2, 0.25) is 0 Å². The third-order valence-corrected chi connectivity index (χ3v) is 7.40. The maximum Gasteiger partial charge on any atom is 0.324 e. The molecule has 0 aromatic rings. The summed E-state index contributed by atoms with van der Waals surface area (Å²) in [5.41, 5.74) is -0.222. The van der Waals surface area contributed by atoms with Crippen LogP contribution in [-0.4, -0.2) is 68.7 Å². The minimum absolute atomic E-state index is 0.0536. The summed E-state index contributed by atoms with van der Waals surface area (Å²) in [6.45, 7) is 8.31. The van der Waals surface area contributed by atoms with E-state index >= 15 is 0 Å². The molecule has 6 atom stereocenters. The van der Waals surface area contributed by atoms with Gasteiger partial charge in [0.1, 0.15) is 6.17 Å². The summed E-state index contributed by atoms with van der Waals surface area (Å²) in [6.07, 6.45) is 2.96. The second-order valence-corrected chi connectivity index (χ2v) is 7.83. The van der Waals surface area contributed by atoms with Crippen LogP contribution in [0.25, 0.3) is 0 Å². The van der Waals surface area contributed by atoms with Crippen LogP contribution in [0, 0.1) is 11.8 Å². The van der Waals surface area contributed by atoms with Gasteiger partial charge in [-0.25, -0.2) is 9.59 Å². The molecule has 0 aromatic carbocycles. The number of hydrogen-bond acceptors (Lipinski definition) is 2. The zero-order valence-electron chi connectivity index (χ0n) is 13.5. The molecule has 0 saturated carbocycles. The lowest BCUT2D eigenvalue weighted by Gasteiger charge is -2.47. The van der Waals surface area contributed by atoms with E-state index in [1.807, 2.05) is 14.7 Å². The Morgan fingerprint density at radius 1 is 1.09 bits per heavy atom. The summed E-state index contributed by atoms with van der Waals surface area (Å²) in [5, 5.41) is 0. The predicted octanol–water partition coefficient (Wildman–Crippen LogP) is 1.72. The summed E-state index contributed by atoms with van der Waals surface area (Å²) >= 11 is 0. The Morgan fingerprint density at radius 3 is 2.36 bits per heavy atom. The maximum absolute atomic E-state index is 13.1. The van der Waals surface area contributed by atoms with E-state index < -0.39 is 0 Å². The van der Waals surface area contributed by atoms with Gasteiger partial charge < -0.3 is 0 Å². The van der Waals surface area contributed by atoms with Crippen molar-refractivity contribution >= 4 is 12.1 Å². The average molecular weight is 304 g/mol. The number of nitrogens with zero attached hydrogens (tertiary/aromatic N) is 4. The highest BCUT2D eigenvalue weighted by atomic mass is 16.2. The number of fused-ring (bicyclic) bond motifs is 2. The largest absolute Gasteiger partial charge is 0.324 e. The van der Waals surface area contributed by atoms with Gasteiger partial charge in [0.15, 0.2) is 6.17 Å². The molecular weight excluding hydrogens is 280 g/mol. The first-order valence-corrected chi connectivity index (χ1v) is 8.70. The predicted molar refractivity (Wildman–Crippen MR) is 79.8 cm³/mol. The summed E-state index contributed by atoms with van der Waals surface area (Å²) < 4.78 is 0. The molecule has 5 fully saturated rings. The van der Waals surface area contributed by atoms with E-state index in [1.165, 1.54) is 0 Å². The molecule has 3 bridgehead atoms. The van der Waals surface area contributed by atoms with Crippen LogP contribution in [0.1, 0.15) is 40.0 Å². The molecule has 5 aliphatic heterocycles. The SMILES string of the molecule is CC[C@@H]1N2C(=O)N3CC[C@@H]4CCN5C(=O)N(C2C35)[C@@]1(C)[C@@H]4C. The Hall–Kier alpha value is -1.46. The van der Waals surface area contributed by atoms with Crippen molar-refractivity contribution in [1.82, 2.24) is 19.6 Å². The van der Waals surface area contributed by atoms with E-state index in [-0.39, 0.29) is 36.0 Å². The van der Waals surface area contributed by atoms with Gasteiger partial charge in [-0.3, -0.25) is 19.6 Å². The summed E-state index contributed by atoms with van der Waals surface area (Å²) in [4.78, 5) is 34.2. The normalized spacial score (nSPS) is 48.6. The smallest absolute Gasteiger partial charge is 0.300 e. The van der Waals surface area contributed by atoms with Crippen molar-refractivity contribution in [3.05, 3.63) is 0 Å². The molecular formula is C16H24N4O2. The van der Waals surface area contributed by atoms with Crippen LogP contribution in [0.2, 0.25) is 0 Å². The molecule has 22 heavy (non-hydrogen) atoms. The Kier molecular flexibility index (Phi) is 2.20. The number of carbonyl (C=O) groups excluding carboxylic acids is 2. The van der Waals surface area contributed by atoms with Crippen LogP contribution in [0.4, 0.5) is 9.59 Å². The van der Waals surface area contributed by atoms with Gasteiger partial charge in [-0.05, 0) is 38.0 Å². The molecule has 5 rings (SSSR count). The lowest BCUT2D eigenvalue weighted by Crippen LogP contribution is -2.59. The summed E-state index contributed by atoms with van der Waals surface area (Å²) in [6, 6.07) is 0.461. The molecule has 0 radical (unpaired) electrons. The van der Waals surface area contributed by atoms with Crippen LogP contribution in [0.3, 0.4) is 0 Å². The quantitative estimate of drug-likeness (QED) is 0.740. The van der Waals surface area contributed by atoms with Crippen molar-refractivity contribution in [2.75, 3.05) is 13.1 Å². The highest BCUT2D eigenvalue weighted by Gasteiger charge is 2.73. The third kappa shape index (κ3) is 1.08. The molecule has 120 valence electrons. The van der Waals surface area contributed by atoms with E-state index in [9.17, 15) is 9.59 Å². The lowest BCUT2D eigenvalue weighted by atomic mass is 9.70. The molecule has 0 aliphatic carbocycles. The van der Waals surface area contributed by atoms with E-state index in [0.29, 0.717) is 11.8 Å². The zero-order valence-corrected chi connectivity index (χ0v) is 13.5. The molecule has 5 aliphatic rings. The number of hydrogen-bond donors (Lipinski definition) is 0. The molecule has 0 N–H and O–H groups in total. The second-order valence-electron chi connectivity index (χ2n) is 7.83. The molecule has 6 heteroatoms. The first-order chi connectivity index (χ1) is 10.5. The first-order valence-electron chi connectivity index (χ1n) is 8.70. The lowest BCUT2D eigenvalue weighted by molar-refractivity contribution is 0.0418. The Bertz CT molecular complexity index is 580. The first kappa shape index (κ1) is 13.0. The van der Waals surface area contributed by atoms with Crippen LogP contribution < -0.4 is 0 Å². The van der Waals surface area contributed by atoms with Gasteiger partial charge in [0.25, 0.3) is 0 Å². The number of rotatable bonds is 1. The standard InChI is InChI=1S/C16H24N4O2/c1-4-11-16(3)9(2)10-5-7-17-12-13(19(11)14(17)21)20(16)15(22)18(12)8-6-10/h9-13H,4-8H2,1-3H3/t9-,10-,11+,12?,13?,16+/m1/s1. The van der Waals surface area contributed by atoms with Gasteiger partial charge in [-0.1, -0.05) is 13.8 Å². The topological polar surface area (TPSA) is 47.1 Å². The highest BCUT2D eigenvalue weighted by Crippen LogP contribution is 2.56. The van der Waals surface area contributed by atoms with Crippen LogP contribution in [0.5, 0.6) is 0 Å². The Morgan fingerprint density at radius 2 is 1.73 bits per heavy atom. The van der Waals surface area contributed by atoms with Crippen molar-refractivity contribution in [2.45, 2.75) is 63.9 Å². The molecule has 5 heterocycles. The van der Waals surface area contributed by atoms with E-state index in [2.05, 4.69) is 25.7 Å². The minimum atomic E-state index is -0.222. The number of amides is 4. The van der Waals surface area contributed by atoms with E-state index in [1.54, 1.807) is 0 Å². The van der Waals surface area contributed by atoms with Crippen molar-refractivity contribution in [1.29, 1.82) is 0 Å². The van der Waals surface area contributed by atoms with Crippen molar-refractivity contribution in [3.63, 3.8) is 0 Å². The number of urea groups is 2. The second kappa shape index (κ2) is 3.71. The summed E-state index contributed by atoms with van der Waals surface area (Å²) in [5.74, 6) is 1.02. The van der Waals surface area contributed by atoms with Crippen LogP contribution in [-0.2, 0) is 0 Å². The van der Waals surface area contributed by atoms with E-state index in [4.69, 9.17) is 0 Å². The van der Waals surface area contributed by atoms with Gasteiger partial charge in [0.05, 0.1) is 11.6 Å². The number of carbonyl (C=O) groups is 2. The molecule has 5 saturated heterocycles. The maximum atomic E-state index is 13.1. The molecule has 6 nitrogen and oxygen atoms in total. The van der Waals surface area contributed by atoms with Crippen molar-refractivity contribution in [3.8, 4) is 0 Å². The Balaban J connectivity index is 1.80. The van der Waals surface area contributed by atoms with Crippen LogP contribution in [0.15, 0.2) is 0 Å². The van der Waals surface area contributed by atoms with Gasteiger partial charge in [-0.2, -0.15) is 0 Å². The van der Waals surface area contributed by atoms with Crippen molar-refractivity contribution < 1.29 is 9.59 Å². The molecule has 0 aromatic heterocycles.